The van der Waals surface area contributed by atoms with Crippen molar-refractivity contribution in [2.24, 2.45) is 0 Å². The number of aromatic carboxylic acids is 1. The van der Waals surface area contributed by atoms with Gasteiger partial charge in [-0.1, -0.05) is 66.6 Å². The Morgan fingerprint density at radius 3 is 2.18 bits per heavy atom. The summed E-state index contributed by atoms with van der Waals surface area (Å²) in [5.74, 6) is -3.04. The molecule has 1 aliphatic carbocycles. The van der Waals surface area contributed by atoms with Gasteiger partial charge in [-0.05, 0) is 103 Å². The first-order valence-corrected chi connectivity index (χ1v) is 17.9. The quantitative estimate of drug-likeness (QED) is 0.132. The number of aliphatic carboxylic acids is 1. The summed E-state index contributed by atoms with van der Waals surface area (Å²) < 4.78 is 30.0. The molecule has 9 nitrogen and oxygen atoms in total. The number of anilines is 1. The number of carbonyl (C=O) groups is 2. The summed E-state index contributed by atoms with van der Waals surface area (Å²) in [6.45, 7) is 3.51. The van der Waals surface area contributed by atoms with Crippen molar-refractivity contribution in [3.05, 3.63) is 119 Å². The number of carboxylic acids is 2. The minimum atomic E-state index is -4.39. The Hall–Kier alpha value is -3.93. The Morgan fingerprint density at radius 2 is 1.53 bits per heavy atom. The minimum absolute atomic E-state index is 0. The maximum Gasteiger partial charge on any atom is 0.335 e. The number of hydrogen-bond acceptors (Lipinski definition) is 6. The molecule has 1 saturated carbocycles. The van der Waals surface area contributed by atoms with Crippen LogP contribution < -0.4 is 5.32 Å². The van der Waals surface area contributed by atoms with E-state index in [9.17, 15) is 28.2 Å². The fraction of sp³-hybridized carbons (Fsp3) is 0.297. The van der Waals surface area contributed by atoms with Gasteiger partial charge in [-0.25, -0.2) is 13.2 Å². The minimum Gasteiger partial charge on any atom is -0.480 e. The van der Waals surface area contributed by atoms with E-state index in [1.165, 1.54) is 49.6 Å². The molecule has 258 valence electrons. The average Bonchev–Trinajstić information content (AvgIpc) is 3.85. The van der Waals surface area contributed by atoms with Crippen molar-refractivity contribution >= 4 is 51.7 Å². The third kappa shape index (κ3) is 7.95. The summed E-state index contributed by atoms with van der Waals surface area (Å²) in [5, 5.41) is 24.4. The third-order valence-electron chi connectivity index (χ3n) is 9.36. The van der Waals surface area contributed by atoms with Crippen molar-refractivity contribution in [1.29, 1.82) is 0 Å². The molecule has 49 heavy (non-hydrogen) atoms. The van der Waals surface area contributed by atoms with Crippen molar-refractivity contribution in [1.82, 2.24) is 9.21 Å². The van der Waals surface area contributed by atoms with E-state index in [2.05, 4.69) is 10.2 Å². The van der Waals surface area contributed by atoms with Gasteiger partial charge in [0.25, 0.3) is 0 Å². The number of rotatable bonds is 13. The Labute approximate surface area is 298 Å². The maximum absolute atomic E-state index is 14.5. The highest BCUT2D eigenvalue weighted by atomic mass is 35.5. The standard InChI is InChI=1S/C37H38ClN3O6S.ClH/c38-31-14-10-27(11-15-31)28-12-16-33(17-13-28)48(46,47)41(25-26-6-4-8-30(22-26)35(42)43)37(36(44)45)24-34(37)29-7-5-9-32(23-29)39-18-21-40-19-2-1-3-20-40;/h4-17,22-23,34,39H,1-3,18-21,24-25H2,(H,42,43)(H,44,45);1H. The van der Waals surface area contributed by atoms with Crippen LogP contribution in [-0.4, -0.2) is 71.5 Å². The predicted octanol–water partition coefficient (Wildman–Crippen LogP) is 7.23. The molecule has 6 rings (SSSR count). The lowest BCUT2D eigenvalue weighted by molar-refractivity contribution is -0.143. The smallest absolute Gasteiger partial charge is 0.335 e. The number of sulfonamides is 1. The molecule has 1 aliphatic heterocycles. The van der Waals surface area contributed by atoms with E-state index < -0.39 is 33.4 Å². The zero-order valence-electron chi connectivity index (χ0n) is 26.8. The third-order valence-corrected chi connectivity index (χ3v) is 11.5. The van der Waals surface area contributed by atoms with Gasteiger partial charge in [-0.2, -0.15) is 4.31 Å². The summed E-state index contributed by atoms with van der Waals surface area (Å²) >= 11 is 6.03. The lowest BCUT2D eigenvalue weighted by atomic mass is 10.0. The van der Waals surface area contributed by atoms with Crippen molar-refractivity contribution in [3.8, 4) is 11.1 Å². The molecule has 12 heteroatoms. The van der Waals surface area contributed by atoms with Crippen molar-refractivity contribution in [3.63, 3.8) is 0 Å². The van der Waals surface area contributed by atoms with Crippen LogP contribution in [0.3, 0.4) is 0 Å². The molecule has 2 atom stereocenters. The fourth-order valence-electron chi connectivity index (χ4n) is 6.67. The molecule has 4 aromatic carbocycles. The zero-order chi connectivity index (χ0) is 33.9. The van der Waals surface area contributed by atoms with Crippen LogP contribution in [0.2, 0.25) is 5.02 Å². The van der Waals surface area contributed by atoms with Gasteiger partial charge in [0.15, 0.2) is 0 Å². The molecular formula is C37H39Cl2N3O6S. The molecule has 2 fully saturated rings. The van der Waals surface area contributed by atoms with Crippen LogP contribution in [0.25, 0.3) is 11.1 Å². The van der Waals surface area contributed by atoms with E-state index >= 15 is 0 Å². The number of halogens is 2. The molecule has 0 spiro atoms. The molecular weight excluding hydrogens is 685 g/mol. The molecule has 2 aliphatic rings. The first-order valence-electron chi connectivity index (χ1n) is 16.1. The molecule has 0 amide bonds. The fourth-order valence-corrected chi connectivity index (χ4v) is 8.56. The van der Waals surface area contributed by atoms with Gasteiger partial charge in [0.1, 0.15) is 5.54 Å². The number of piperidine rings is 1. The molecule has 0 radical (unpaired) electrons. The summed E-state index contributed by atoms with van der Waals surface area (Å²) in [6.07, 6.45) is 3.76. The predicted molar refractivity (Wildman–Crippen MR) is 193 cm³/mol. The summed E-state index contributed by atoms with van der Waals surface area (Å²) in [7, 11) is -4.39. The van der Waals surface area contributed by atoms with Gasteiger partial charge in [-0.3, -0.25) is 4.79 Å². The van der Waals surface area contributed by atoms with E-state index in [1.54, 1.807) is 30.3 Å². The van der Waals surface area contributed by atoms with E-state index in [-0.39, 0.29) is 35.8 Å². The Balaban J connectivity index is 0.00000468. The molecule has 0 aromatic heterocycles. The van der Waals surface area contributed by atoms with Crippen molar-refractivity contribution in [2.45, 2.75) is 48.6 Å². The highest BCUT2D eigenvalue weighted by Crippen LogP contribution is 2.58. The monoisotopic (exact) mass is 723 g/mol. The van der Waals surface area contributed by atoms with Gasteiger partial charge in [-0.15, -0.1) is 12.4 Å². The number of carboxylic acid groups (broad SMARTS) is 2. The van der Waals surface area contributed by atoms with Crippen LogP contribution in [0.15, 0.2) is 102 Å². The Kier molecular flexibility index (Phi) is 11.4. The maximum atomic E-state index is 14.5. The van der Waals surface area contributed by atoms with Crippen LogP contribution in [0, 0.1) is 0 Å². The van der Waals surface area contributed by atoms with Gasteiger partial charge < -0.3 is 20.4 Å². The van der Waals surface area contributed by atoms with E-state index in [0.717, 1.165) is 52.9 Å². The number of nitrogens with one attached hydrogen (secondary N) is 1. The largest absolute Gasteiger partial charge is 0.480 e. The summed E-state index contributed by atoms with van der Waals surface area (Å²) in [4.78, 5) is 27.3. The average molecular weight is 725 g/mol. The molecule has 2 unspecified atom stereocenters. The Bertz CT molecular complexity index is 1900. The van der Waals surface area contributed by atoms with E-state index in [4.69, 9.17) is 11.6 Å². The number of hydrogen-bond donors (Lipinski definition) is 3. The normalized spacial score (nSPS) is 19.2. The molecule has 4 aromatic rings. The summed E-state index contributed by atoms with van der Waals surface area (Å²) in [6, 6.07) is 26.9. The molecule has 3 N–H and O–H groups in total. The number of nitrogens with zero attached hydrogens (tertiary/aromatic N) is 2. The molecule has 0 bridgehead atoms. The van der Waals surface area contributed by atoms with Crippen molar-refractivity contribution in [2.75, 3.05) is 31.5 Å². The van der Waals surface area contributed by atoms with Crippen LogP contribution in [0.1, 0.15) is 53.1 Å². The van der Waals surface area contributed by atoms with Crippen LogP contribution in [0.5, 0.6) is 0 Å². The second-order valence-corrected chi connectivity index (χ2v) is 14.8. The summed E-state index contributed by atoms with van der Waals surface area (Å²) in [5.41, 5.74) is 1.76. The van der Waals surface area contributed by atoms with Crippen LogP contribution >= 0.6 is 24.0 Å². The van der Waals surface area contributed by atoms with Gasteiger partial charge in [0.2, 0.25) is 10.0 Å². The van der Waals surface area contributed by atoms with E-state index in [0.29, 0.717) is 10.6 Å². The van der Waals surface area contributed by atoms with Gasteiger partial charge >= 0.3 is 11.9 Å². The topological polar surface area (TPSA) is 127 Å². The zero-order valence-corrected chi connectivity index (χ0v) is 29.2. The molecule has 1 heterocycles. The lowest BCUT2D eigenvalue weighted by Crippen LogP contribution is -2.48. The van der Waals surface area contributed by atoms with Crippen LogP contribution in [-0.2, 0) is 21.4 Å². The molecule has 1 saturated heterocycles. The Morgan fingerprint density at radius 1 is 0.878 bits per heavy atom. The first kappa shape index (κ1) is 36.4. The SMILES string of the molecule is Cl.O=C(O)c1cccc(CN(C2(C(=O)O)CC2c2cccc(NCCN3CCCCC3)c2)S(=O)(=O)c2ccc(-c3ccc(Cl)cc3)cc2)c1. The van der Waals surface area contributed by atoms with Crippen LogP contribution in [0.4, 0.5) is 5.69 Å². The van der Waals surface area contributed by atoms with Gasteiger partial charge in [0, 0.05) is 36.3 Å². The number of likely N-dealkylation sites (tertiary alicyclic amines) is 1. The highest BCUT2D eigenvalue weighted by Gasteiger charge is 2.68. The first-order chi connectivity index (χ1) is 23.1. The second kappa shape index (κ2) is 15.3. The van der Waals surface area contributed by atoms with Crippen molar-refractivity contribution < 1.29 is 28.2 Å². The van der Waals surface area contributed by atoms with E-state index in [1.807, 2.05) is 36.4 Å². The second-order valence-electron chi connectivity index (χ2n) is 12.5. The lowest BCUT2D eigenvalue weighted by Gasteiger charge is -2.30. The number of benzene rings is 4. The highest BCUT2D eigenvalue weighted by molar-refractivity contribution is 7.89. The van der Waals surface area contributed by atoms with Gasteiger partial charge in [0.05, 0.1) is 10.5 Å².